The van der Waals surface area contributed by atoms with Crippen LogP contribution in [0.15, 0.2) is 5.38 Å². The van der Waals surface area contributed by atoms with Gasteiger partial charge in [-0.15, -0.1) is 11.3 Å². The van der Waals surface area contributed by atoms with E-state index in [1.165, 1.54) is 44.2 Å². The van der Waals surface area contributed by atoms with Gasteiger partial charge in [0.25, 0.3) is 0 Å². The molecule has 0 aromatic carbocycles. The number of aryl methyl sites for hydroxylation is 1. The SMILES string of the molecule is Cc1nc(CN(C)C(CN)C2CCCCCC2)cs1. The molecular weight excluding hydrogens is 254 g/mol. The normalized spacial score (nSPS) is 19.6. The van der Waals surface area contributed by atoms with E-state index in [9.17, 15) is 0 Å². The molecule has 1 aliphatic rings. The topological polar surface area (TPSA) is 42.2 Å². The Bertz CT molecular complexity index is 369. The lowest BCUT2D eigenvalue weighted by Crippen LogP contribution is -2.43. The Morgan fingerprint density at radius 3 is 2.58 bits per heavy atom. The van der Waals surface area contributed by atoms with Gasteiger partial charge in [-0.2, -0.15) is 0 Å². The molecule has 0 spiro atoms. The first-order valence-electron chi connectivity index (χ1n) is 7.52. The maximum Gasteiger partial charge on any atom is 0.0897 e. The summed E-state index contributed by atoms with van der Waals surface area (Å²) in [6.45, 7) is 3.77. The summed E-state index contributed by atoms with van der Waals surface area (Å²) in [5, 5.41) is 3.33. The summed E-state index contributed by atoms with van der Waals surface area (Å²) in [5.41, 5.74) is 7.25. The van der Waals surface area contributed by atoms with Crippen molar-refractivity contribution in [2.75, 3.05) is 13.6 Å². The standard InChI is InChI=1S/C15H27N3S/c1-12-17-14(11-19-12)10-18(2)15(9-16)13-7-5-3-4-6-8-13/h11,13,15H,3-10,16H2,1-2H3. The van der Waals surface area contributed by atoms with Crippen LogP contribution in [-0.4, -0.2) is 29.5 Å². The Morgan fingerprint density at radius 1 is 1.37 bits per heavy atom. The van der Waals surface area contributed by atoms with Gasteiger partial charge in [-0.1, -0.05) is 25.7 Å². The predicted octanol–water partition coefficient (Wildman–Crippen LogP) is 3.18. The van der Waals surface area contributed by atoms with Crippen molar-refractivity contribution >= 4 is 11.3 Å². The second-order valence-electron chi connectivity index (χ2n) is 5.83. The number of rotatable bonds is 5. The number of nitrogens with zero attached hydrogens (tertiary/aromatic N) is 2. The number of hydrogen-bond acceptors (Lipinski definition) is 4. The third-order valence-corrected chi connectivity index (χ3v) is 5.15. The summed E-state index contributed by atoms with van der Waals surface area (Å²) < 4.78 is 0. The average Bonchev–Trinajstić information content (AvgIpc) is 2.65. The first-order valence-corrected chi connectivity index (χ1v) is 8.40. The van der Waals surface area contributed by atoms with Crippen LogP contribution in [0.3, 0.4) is 0 Å². The quantitative estimate of drug-likeness (QED) is 0.843. The Morgan fingerprint density at radius 2 is 2.05 bits per heavy atom. The molecule has 0 radical (unpaired) electrons. The minimum absolute atomic E-state index is 0.514. The Balaban J connectivity index is 1.95. The van der Waals surface area contributed by atoms with Gasteiger partial charge in [0, 0.05) is 24.5 Å². The number of aromatic nitrogens is 1. The van der Waals surface area contributed by atoms with Gasteiger partial charge in [-0.05, 0) is 32.7 Å². The van der Waals surface area contributed by atoms with Crippen molar-refractivity contribution in [3.8, 4) is 0 Å². The summed E-state index contributed by atoms with van der Waals surface area (Å²) in [5.74, 6) is 0.775. The van der Waals surface area contributed by atoms with Crippen LogP contribution in [0.1, 0.15) is 49.2 Å². The third kappa shape index (κ3) is 4.26. The third-order valence-electron chi connectivity index (χ3n) is 4.33. The molecular formula is C15H27N3S. The fourth-order valence-electron chi connectivity index (χ4n) is 3.28. The van der Waals surface area contributed by atoms with Gasteiger partial charge in [-0.25, -0.2) is 4.98 Å². The second-order valence-corrected chi connectivity index (χ2v) is 6.89. The molecule has 1 aromatic rings. The zero-order valence-electron chi connectivity index (χ0n) is 12.3. The van der Waals surface area contributed by atoms with Crippen molar-refractivity contribution in [3.63, 3.8) is 0 Å². The zero-order chi connectivity index (χ0) is 13.7. The van der Waals surface area contributed by atoms with Crippen molar-refractivity contribution < 1.29 is 0 Å². The average molecular weight is 281 g/mol. The van der Waals surface area contributed by atoms with E-state index in [4.69, 9.17) is 5.73 Å². The van der Waals surface area contributed by atoms with Crippen LogP contribution in [0.4, 0.5) is 0 Å². The van der Waals surface area contributed by atoms with E-state index in [2.05, 4.69) is 29.2 Å². The van der Waals surface area contributed by atoms with Crippen LogP contribution < -0.4 is 5.73 Å². The maximum absolute atomic E-state index is 6.05. The Labute approximate surface area is 121 Å². The van der Waals surface area contributed by atoms with Crippen molar-refractivity contribution in [2.24, 2.45) is 11.7 Å². The highest BCUT2D eigenvalue weighted by Gasteiger charge is 2.25. The summed E-state index contributed by atoms with van der Waals surface area (Å²) in [7, 11) is 2.21. The molecule has 4 heteroatoms. The minimum atomic E-state index is 0.514. The molecule has 19 heavy (non-hydrogen) atoms. The molecule has 1 saturated carbocycles. The van der Waals surface area contributed by atoms with Crippen LogP contribution in [0.25, 0.3) is 0 Å². The van der Waals surface area contributed by atoms with Crippen molar-refractivity contribution in [3.05, 3.63) is 16.1 Å². The molecule has 2 N–H and O–H groups in total. The molecule has 0 amide bonds. The minimum Gasteiger partial charge on any atom is -0.329 e. The number of likely N-dealkylation sites (N-methyl/N-ethyl adjacent to an activating group) is 1. The highest BCUT2D eigenvalue weighted by molar-refractivity contribution is 7.09. The molecule has 108 valence electrons. The number of hydrogen-bond donors (Lipinski definition) is 1. The fourth-order valence-corrected chi connectivity index (χ4v) is 3.89. The van der Waals surface area contributed by atoms with Crippen LogP contribution >= 0.6 is 11.3 Å². The van der Waals surface area contributed by atoms with Gasteiger partial charge in [0.15, 0.2) is 0 Å². The van der Waals surface area contributed by atoms with Gasteiger partial charge in [0.1, 0.15) is 0 Å². The summed E-state index contributed by atoms with van der Waals surface area (Å²) in [6, 6.07) is 0.514. The van der Waals surface area contributed by atoms with Gasteiger partial charge >= 0.3 is 0 Å². The van der Waals surface area contributed by atoms with Crippen molar-refractivity contribution in [2.45, 2.75) is 58.0 Å². The largest absolute Gasteiger partial charge is 0.329 e. The molecule has 0 saturated heterocycles. The molecule has 0 bridgehead atoms. The molecule has 1 unspecified atom stereocenters. The lowest BCUT2D eigenvalue weighted by molar-refractivity contribution is 0.159. The predicted molar refractivity (Wildman–Crippen MR) is 82.4 cm³/mol. The summed E-state index contributed by atoms with van der Waals surface area (Å²) >= 11 is 1.74. The van der Waals surface area contributed by atoms with E-state index in [0.29, 0.717) is 6.04 Å². The highest BCUT2D eigenvalue weighted by Crippen LogP contribution is 2.28. The monoisotopic (exact) mass is 281 g/mol. The van der Waals surface area contributed by atoms with E-state index in [1.54, 1.807) is 11.3 Å². The highest BCUT2D eigenvalue weighted by atomic mass is 32.1. The van der Waals surface area contributed by atoms with E-state index in [1.807, 2.05) is 0 Å². The zero-order valence-corrected chi connectivity index (χ0v) is 13.1. The fraction of sp³-hybridized carbons (Fsp3) is 0.800. The Hall–Kier alpha value is -0.450. The molecule has 2 rings (SSSR count). The first kappa shape index (κ1) is 14.9. The molecule has 1 aliphatic carbocycles. The van der Waals surface area contributed by atoms with Crippen molar-refractivity contribution in [1.29, 1.82) is 0 Å². The Kier molecular flexibility index (Phi) is 5.79. The number of nitrogens with two attached hydrogens (primary N) is 1. The number of thiazole rings is 1. The molecule has 1 atom stereocenters. The summed E-state index contributed by atoms with van der Waals surface area (Å²) in [6.07, 6.45) is 8.27. The van der Waals surface area contributed by atoms with Gasteiger partial charge in [0.05, 0.1) is 10.7 Å². The van der Waals surface area contributed by atoms with E-state index in [-0.39, 0.29) is 0 Å². The second kappa shape index (κ2) is 7.36. The van der Waals surface area contributed by atoms with E-state index in [0.717, 1.165) is 24.0 Å². The smallest absolute Gasteiger partial charge is 0.0897 e. The maximum atomic E-state index is 6.05. The molecule has 1 fully saturated rings. The van der Waals surface area contributed by atoms with E-state index >= 15 is 0 Å². The molecule has 3 nitrogen and oxygen atoms in total. The first-order chi connectivity index (χ1) is 9.20. The van der Waals surface area contributed by atoms with Crippen molar-refractivity contribution in [1.82, 2.24) is 9.88 Å². The van der Waals surface area contributed by atoms with Crippen LogP contribution in [0.5, 0.6) is 0 Å². The van der Waals surface area contributed by atoms with Gasteiger partial charge in [-0.3, -0.25) is 4.90 Å². The lowest BCUT2D eigenvalue weighted by atomic mass is 9.91. The molecule has 1 aromatic heterocycles. The van der Waals surface area contributed by atoms with Gasteiger partial charge < -0.3 is 5.73 Å². The summed E-state index contributed by atoms with van der Waals surface area (Å²) in [4.78, 5) is 6.99. The van der Waals surface area contributed by atoms with Gasteiger partial charge in [0.2, 0.25) is 0 Å². The van der Waals surface area contributed by atoms with Crippen LogP contribution in [0, 0.1) is 12.8 Å². The van der Waals surface area contributed by atoms with Crippen LogP contribution in [-0.2, 0) is 6.54 Å². The molecule has 1 heterocycles. The lowest BCUT2D eigenvalue weighted by Gasteiger charge is -2.33. The van der Waals surface area contributed by atoms with E-state index < -0.39 is 0 Å². The molecule has 0 aliphatic heterocycles. The van der Waals surface area contributed by atoms with Crippen LogP contribution in [0.2, 0.25) is 0 Å².